The molecular weight excluding hydrogens is 554 g/mol. The Bertz CT molecular complexity index is 1340. The van der Waals surface area contributed by atoms with Gasteiger partial charge >= 0.3 is 0 Å². The van der Waals surface area contributed by atoms with Crippen molar-refractivity contribution < 1.29 is 28.8 Å². The summed E-state index contributed by atoms with van der Waals surface area (Å²) in [5.41, 5.74) is 4.23. The summed E-state index contributed by atoms with van der Waals surface area (Å²) in [6.07, 6.45) is -1.36. The first kappa shape index (κ1) is 32.0. The molecule has 0 aliphatic carbocycles. The minimum absolute atomic E-state index is 0.131. The van der Waals surface area contributed by atoms with Crippen molar-refractivity contribution in [2.75, 3.05) is 20.3 Å². The summed E-state index contributed by atoms with van der Waals surface area (Å²) in [6, 6.07) is 39.9. The molecule has 0 bridgehead atoms. The van der Waals surface area contributed by atoms with Crippen LogP contribution in [0, 0.1) is 0 Å². The lowest BCUT2D eigenvalue weighted by molar-refractivity contribution is -0.259. The molecule has 7 heteroatoms. The Kier molecular flexibility index (Phi) is 12.1. The van der Waals surface area contributed by atoms with Crippen molar-refractivity contribution in [2.45, 2.75) is 62.9 Å². The van der Waals surface area contributed by atoms with E-state index in [2.05, 4.69) is 17.4 Å². The maximum Gasteiger partial charge on any atom is 0.188 e. The largest absolute Gasteiger partial charge is 0.396 e. The fraction of sp³-hybridized carbons (Fsp3) is 0.351. The molecule has 1 heterocycles. The summed E-state index contributed by atoms with van der Waals surface area (Å²) in [5.74, 6) is -1.20. The molecular formula is C37H43NO6. The molecule has 5 rings (SSSR count). The van der Waals surface area contributed by atoms with Gasteiger partial charge < -0.3 is 34.1 Å². The van der Waals surface area contributed by atoms with Gasteiger partial charge in [0.05, 0.1) is 32.5 Å². The molecule has 1 saturated heterocycles. The van der Waals surface area contributed by atoms with Gasteiger partial charge in [0.2, 0.25) is 0 Å². The molecule has 232 valence electrons. The van der Waals surface area contributed by atoms with E-state index in [4.69, 9.17) is 23.7 Å². The molecule has 4 aromatic rings. The van der Waals surface area contributed by atoms with E-state index in [0.717, 1.165) is 22.3 Å². The lowest BCUT2D eigenvalue weighted by atomic mass is 9.92. The van der Waals surface area contributed by atoms with Gasteiger partial charge in [-0.3, -0.25) is 0 Å². The van der Waals surface area contributed by atoms with Crippen LogP contribution in [0.5, 0.6) is 0 Å². The maximum atomic E-state index is 10.2. The van der Waals surface area contributed by atoms with Crippen LogP contribution in [0.4, 0.5) is 0 Å². The predicted molar refractivity (Wildman–Crippen MR) is 170 cm³/mol. The van der Waals surface area contributed by atoms with Gasteiger partial charge in [0.15, 0.2) is 5.79 Å². The molecule has 0 spiro atoms. The van der Waals surface area contributed by atoms with E-state index < -0.39 is 30.1 Å². The second-order valence-electron chi connectivity index (χ2n) is 11.0. The Labute approximate surface area is 260 Å². The van der Waals surface area contributed by atoms with Gasteiger partial charge in [-0.05, 0) is 22.3 Å². The topological polar surface area (TPSA) is 78.4 Å². The van der Waals surface area contributed by atoms with Crippen LogP contribution in [0.15, 0.2) is 121 Å². The summed E-state index contributed by atoms with van der Waals surface area (Å²) < 4.78 is 33.0. The summed E-state index contributed by atoms with van der Waals surface area (Å²) in [4.78, 5) is 0. The standard InChI is InChI=1S/C37H43NO6/c1-40-37(22-23-39)36(38-24-29-14-6-2-7-15-29)35(43-27-32-20-12-5-13-21-32)34(42-26-31-18-10-4-11-19-31)33(28-44-37)41-25-30-16-8-3-9-17-30/h2-21,33-36,38-39H,22-28H2,1H3/t33-,34-,35-,36-,37-/m1/s1. The molecule has 7 nitrogen and oxygen atoms in total. The summed E-state index contributed by atoms with van der Waals surface area (Å²) in [5, 5.41) is 13.9. The third kappa shape index (κ3) is 8.61. The van der Waals surface area contributed by atoms with Crippen LogP contribution in [-0.2, 0) is 50.0 Å². The van der Waals surface area contributed by atoms with E-state index >= 15 is 0 Å². The number of methoxy groups -OCH3 is 1. The van der Waals surface area contributed by atoms with Gasteiger partial charge in [-0.2, -0.15) is 0 Å². The second kappa shape index (κ2) is 16.6. The lowest BCUT2D eigenvalue weighted by Gasteiger charge is -2.42. The highest BCUT2D eigenvalue weighted by Crippen LogP contribution is 2.35. The zero-order valence-electron chi connectivity index (χ0n) is 25.3. The van der Waals surface area contributed by atoms with Gasteiger partial charge in [0.1, 0.15) is 18.3 Å². The SMILES string of the molecule is CO[C@]1(CCO)OC[C@@H](OCc2ccccc2)[C@@H](OCc2ccccc2)[C@@H](OCc2ccccc2)[C@H]1NCc1ccccc1. The van der Waals surface area contributed by atoms with Crippen molar-refractivity contribution in [2.24, 2.45) is 0 Å². The molecule has 1 fully saturated rings. The van der Waals surface area contributed by atoms with Crippen molar-refractivity contribution in [3.8, 4) is 0 Å². The van der Waals surface area contributed by atoms with Gasteiger partial charge in [-0.1, -0.05) is 121 Å². The smallest absolute Gasteiger partial charge is 0.188 e. The fourth-order valence-electron chi connectivity index (χ4n) is 5.67. The van der Waals surface area contributed by atoms with E-state index in [1.807, 2.05) is 109 Å². The molecule has 4 aromatic carbocycles. The molecule has 0 aromatic heterocycles. The number of nitrogens with one attached hydrogen (secondary N) is 1. The average molecular weight is 598 g/mol. The molecule has 1 aliphatic rings. The van der Waals surface area contributed by atoms with Crippen LogP contribution in [0.1, 0.15) is 28.7 Å². The van der Waals surface area contributed by atoms with Crippen LogP contribution in [0.2, 0.25) is 0 Å². The Morgan fingerprint density at radius 1 is 0.659 bits per heavy atom. The minimum atomic E-state index is -1.20. The monoisotopic (exact) mass is 597 g/mol. The van der Waals surface area contributed by atoms with E-state index in [1.54, 1.807) is 7.11 Å². The Balaban J connectivity index is 1.52. The summed E-state index contributed by atoms with van der Waals surface area (Å²) in [6.45, 7) is 1.70. The van der Waals surface area contributed by atoms with Crippen LogP contribution in [0.25, 0.3) is 0 Å². The number of hydrogen-bond donors (Lipinski definition) is 2. The maximum absolute atomic E-state index is 10.2. The number of rotatable bonds is 15. The molecule has 1 aliphatic heterocycles. The highest BCUT2D eigenvalue weighted by atomic mass is 16.7. The first-order chi connectivity index (χ1) is 21.7. The average Bonchev–Trinajstić information content (AvgIpc) is 3.20. The van der Waals surface area contributed by atoms with Crippen LogP contribution < -0.4 is 5.32 Å². The molecule has 5 atom stereocenters. The summed E-state index contributed by atoms with van der Waals surface area (Å²) >= 11 is 0. The molecule has 44 heavy (non-hydrogen) atoms. The Hall–Kier alpha value is -3.40. The van der Waals surface area contributed by atoms with E-state index in [0.29, 0.717) is 26.4 Å². The Morgan fingerprint density at radius 3 is 1.59 bits per heavy atom. The second-order valence-corrected chi connectivity index (χ2v) is 11.0. The third-order valence-electron chi connectivity index (χ3n) is 8.04. The van der Waals surface area contributed by atoms with Gasteiger partial charge in [0, 0.05) is 26.7 Å². The van der Waals surface area contributed by atoms with E-state index in [-0.39, 0.29) is 19.6 Å². The van der Waals surface area contributed by atoms with E-state index in [9.17, 15) is 5.11 Å². The first-order valence-corrected chi connectivity index (χ1v) is 15.2. The van der Waals surface area contributed by atoms with Crippen molar-refractivity contribution in [3.63, 3.8) is 0 Å². The zero-order chi connectivity index (χ0) is 30.5. The van der Waals surface area contributed by atoms with Crippen molar-refractivity contribution >= 4 is 0 Å². The van der Waals surface area contributed by atoms with Crippen molar-refractivity contribution in [1.82, 2.24) is 5.32 Å². The summed E-state index contributed by atoms with van der Waals surface area (Å²) in [7, 11) is 1.62. The van der Waals surface area contributed by atoms with Gasteiger partial charge in [-0.25, -0.2) is 0 Å². The van der Waals surface area contributed by atoms with Crippen molar-refractivity contribution in [1.29, 1.82) is 0 Å². The van der Waals surface area contributed by atoms with Gasteiger partial charge in [0.25, 0.3) is 0 Å². The Morgan fingerprint density at radius 2 is 1.11 bits per heavy atom. The number of ether oxygens (including phenoxy) is 5. The number of benzene rings is 4. The lowest BCUT2D eigenvalue weighted by Crippen LogP contribution is -2.62. The number of hydrogen-bond acceptors (Lipinski definition) is 7. The van der Waals surface area contributed by atoms with Crippen LogP contribution >= 0.6 is 0 Å². The highest BCUT2D eigenvalue weighted by molar-refractivity contribution is 5.17. The van der Waals surface area contributed by atoms with Crippen LogP contribution in [0.3, 0.4) is 0 Å². The third-order valence-corrected chi connectivity index (χ3v) is 8.04. The number of aliphatic hydroxyl groups excluding tert-OH is 1. The quantitative estimate of drug-likeness (QED) is 0.183. The van der Waals surface area contributed by atoms with Crippen molar-refractivity contribution in [3.05, 3.63) is 144 Å². The highest BCUT2D eigenvalue weighted by Gasteiger charge is 2.53. The molecule has 0 unspecified atom stereocenters. The fourth-order valence-corrected chi connectivity index (χ4v) is 5.67. The first-order valence-electron chi connectivity index (χ1n) is 15.2. The van der Waals surface area contributed by atoms with Crippen LogP contribution in [-0.4, -0.2) is 55.6 Å². The normalized spacial score (nSPS) is 23.7. The predicted octanol–water partition coefficient (Wildman–Crippen LogP) is 5.66. The molecule has 2 N–H and O–H groups in total. The zero-order valence-corrected chi connectivity index (χ0v) is 25.3. The molecule has 0 radical (unpaired) electrons. The number of aliphatic hydroxyl groups is 1. The minimum Gasteiger partial charge on any atom is -0.396 e. The van der Waals surface area contributed by atoms with E-state index in [1.165, 1.54) is 0 Å². The van der Waals surface area contributed by atoms with Gasteiger partial charge in [-0.15, -0.1) is 0 Å². The molecule has 0 amide bonds. The molecule has 0 saturated carbocycles.